The van der Waals surface area contributed by atoms with Gasteiger partial charge in [0.05, 0.1) is 71.0 Å². The summed E-state index contributed by atoms with van der Waals surface area (Å²) < 4.78 is 56.0. The highest BCUT2D eigenvalue weighted by atomic mass is 32.2. The first kappa shape index (κ1) is 29.0. The van der Waals surface area contributed by atoms with Crippen LogP contribution in [-0.4, -0.2) is 81.1 Å². The maximum atomic E-state index is 12.0. The van der Waals surface area contributed by atoms with Crippen molar-refractivity contribution in [1.29, 1.82) is 0 Å². The molecule has 0 saturated carbocycles. The van der Waals surface area contributed by atoms with E-state index in [2.05, 4.69) is 6.92 Å². The van der Waals surface area contributed by atoms with Crippen LogP contribution in [0.4, 0.5) is 0 Å². The number of rotatable bonds is 22. The molecule has 186 valence electrons. The van der Waals surface area contributed by atoms with Crippen LogP contribution in [0, 0.1) is 6.92 Å². The Bertz CT molecular complexity index is 648. The van der Waals surface area contributed by atoms with Gasteiger partial charge in [-0.3, -0.25) is 4.18 Å². The highest BCUT2D eigenvalue weighted by Crippen LogP contribution is 2.12. The van der Waals surface area contributed by atoms with E-state index in [9.17, 15) is 8.42 Å². The molecule has 0 N–H and O–H groups in total. The van der Waals surface area contributed by atoms with Gasteiger partial charge in [-0.2, -0.15) is 8.42 Å². The quantitative estimate of drug-likeness (QED) is 0.186. The largest absolute Gasteiger partial charge is 0.379 e. The topological polar surface area (TPSA) is 89.5 Å². The van der Waals surface area contributed by atoms with Gasteiger partial charge >= 0.3 is 0 Å². The molecule has 0 radical (unpaired) electrons. The van der Waals surface area contributed by atoms with Gasteiger partial charge in [0.15, 0.2) is 0 Å². The monoisotopic (exact) mass is 476 g/mol. The summed E-state index contributed by atoms with van der Waals surface area (Å²) >= 11 is 0. The average molecular weight is 477 g/mol. The van der Waals surface area contributed by atoms with Crippen LogP contribution < -0.4 is 0 Å². The van der Waals surface area contributed by atoms with Crippen molar-refractivity contribution < 1.29 is 36.3 Å². The molecule has 8 nitrogen and oxygen atoms in total. The third-order valence-corrected chi connectivity index (χ3v) is 5.73. The molecule has 0 atom stereocenters. The predicted molar refractivity (Wildman–Crippen MR) is 123 cm³/mol. The van der Waals surface area contributed by atoms with Gasteiger partial charge < -0.3 is 23.7 Å². The van der Waals surface area contributed by atoms with Crippen LogP contribution in [0.15, 0.2) is 29.2 Å². The van der Waals surface area contributed by atoms with Crippen LogP contribution in [0.25, 0.3) is 0 Å². The number of unbranched alkanes of at least 4 members (excludes halogenated alkanes) is 3. The van der Waals surface area contributed by atoms with Crippen LogP contribution in [0.2, 0.25) is 0 Å². The molecular weight excluding hydrogens is 436 g/mol. The SMILES string of the molecule is CCCCCCOCCOCCOCCOCCOCCOS(=O)(=O)c1ccc(C)cc1. The predicted octanol–water partition coefficient (Wildman–Crippen LogP) is 3.36. The second kappa shape index (κ2) is 19.4. The first-order valence-corrected chi connectivity index (χ1v) is 12.8. The molecule has 1 rings (SSSR count). The van der Waals surface area contributed by atoms with E-state index >= 15 is 0 Å². The molecule has 0 fully saturated rings. The highest BCUT2D eigenvalue weighted by molar-refractivity contribution is 7.86. The van der Waals surface area contributed by atoms with Crippen molar-refractivity contribution in [1.82, 2.24) is 0 Å². The molecule has 0 aliphatic rings. The van der Waals surface area contributed by atoms with E-state index in [1.54, 1.807) is 12.1 Å². The van der Waals surface area contributed by atoms with Crippen molar-refractivity contribution >= 4 is 10.1 Å². The lowest BCUT2D eigenvalue weighted by atomic mass is 10.2. The summed E-state index contributed by atoms with van der Waals surface area (Å²) in [5.41, 5.74) is 0.986. The summed E-state index contributed by atoms with van der Waals surface area (Å²) in [6.45, 7) is 8.99. The summed E-state index contributed by atoms with van der Waals surface area (Å²) in [4.78, 5) is 0.142. The van der Waals surface area contributed by atoms with Gasteiger partial charge in [0, 0.05) is 6.61 Å². The molecule has 0 unspecified atom stereocenters. The summed E-state index contributed by atoms with van der Waals surface area (Å²) in [6, 6.07) is 6.51. The van der Waals surface area contributed by atoms with Gasteiger partial charge in [0.2, 0.25) is 0 Å². The molecule has 0 aliphatic carbocycles. The molecule has 0 saturated heterocycles. The van der Waals surface area contributed by atoms with E-state index in [0.717, 1.165) is 18.6 Å². The van der Waals surface area contributed by atoms with E-state index in [0.29, 0.717) is 52.9 Å². The highest BCUT2D eigenvalue weighted by Gasteiger charge is 2.14. The maximum absolute atomic E-state index is 12.0. The Labute approximate surface area is 193 Å². The van der Waals surface area contributed by atoms with Crippen molar-refractivity contribution in [2.24, 2.45) is 0 Å². The molecule has 0 bridgehead atoms. The lowest BCUT2D eigenvalue weighted by Gasteiger charge is -2.08. The van der Waals surface area contributed by atoms with Crippen LogP contribution in [-0.2, 0) is 38.0 Å². The van der Waals surface area contributed by atoms with Gasteiger partial charge in [0.1, 0.15) is 0 Å². The number of hydrogen-bond acceptors (Lipinski definition) is 8. The molecule has 1 aromatic rings. The standard InChI is InChI=1S/C23H40O8S/c1-3-4-5-6-11-26-12-13-27-14-15-28-16-17-29-18-19-30-20-21-31-32(24,25)23-9-7-22(2)8-10-23/h7-10H,3-6,11-21H2,1-2H3. The molecule has 0 aliphatic heterocycles. The Morgan fingerprint density at radius 1 is 0.594 bits per heavy atom. The Morgan fingerprint density at radius 3 is 1.50 bits per heavy atom. The fraction of sp³-hybridized carbons (Fsp3) is 0.739. The maximum Gasteiger partial charge on any atom is 0.297 e. The van der Waals surface area contributed by atoms with E-state index in [-0.39, 0.29) is 18.1 Å². The fourth-order valence-corrected chi connectivity index (χ4v) is 3.48. The lowest BCUT2D eigenvalue weighted by molar-refractivity contribution is -0.0127. The van der Waals surface area contributed by atoms with E-state index in [4.69, 9.17) is 27.9 Å². The Morgan fingerprint density at radius 2 is 1.03 bits per heavy atom. The van der Waals surface area contributed by atoms with Crippen LogP contribution in [0.3, 0.4) is 0 Å². The molecule has 0 aromatic heterocycles. The van der Waals surface area contributed by atoms with E-state index in [1.807, 2.05) is 6.92 Å². The van der Waals surface area contributed by atoms with Crippen molar-refractivity contribution in [3.63, 3.8) is 0 Å². The lowest BCUT2D eigenvalue weighted by Crippen LogP contribution is -2.15. The van der Waals surface area contributed by atoms with Crippen molar-refractivity contribution in [2.45, 2.75) is 44.4 Å². The molecule has 9 heteroatoms. The fourth-order valence-electron chi connectivity index (χ4n) is 2.59. The first-order valence-electron chi connectivity index (χ1n) is 11.4. The molecule has 0 spiro atoms. The normalized spacial score (nSPS) is 11.8. The number of aryl methyl sites for hydroxylation is 1. The smallest absolute Gasteiger partial charge is 0.297 e. The number of ether oxygens (including phenoxy) is 5. The van der Waals surface area contributed by atoms with Gasteiger partial charge in [-0.15, -0.1) is 0 Å². The minimum Gasteiger partial charge on any atom is -0.379 e. The molecule has 0 amide bonds. The third kappa shape index (κ3) is 15.7. The molecule has 1 aromatic carbocycles. The Kier molecular flexibility index (Phi) is 17.6. The second-order valence-corrected chi connectivity index (χ2v) is 8.83. The zero-order chi connectivity index (χ0) is 23.3. The zero-order valence-corrected chi connectivity index (χ0v) is 20.4. The summed E-state index contributed by atoms with van der Waals surface area (Å²) in [7, 11) is -3.75. The van der Waals surface area contributed by atoms with Gasteiger partial charge in [-0.1, -0.05) is 43.9 Å². The minimum absolute atomic E-state index is 0.0385. The Hall–Kier alpha value is -1.07. The molecular formula is C23H40O8S. The van der Waals surface area contributed by atoms with Crippen molar-refractivity contribution in [3.8, 4) is 0 Å². The van der Waals surface area contributed by atoms with E-state index in [1.165, 1.54) is 31.4 Å². The summed E-state index contributed by atoms with van der Waals surface area (Å²) in [5.74, 6) is 0. The van der Waals surface area contributed by atoms with Crippen LogP contribution in [0.5, 0.6) is 0 Å². The van der Waals surface area contributed by atoms with Crippen LogP contribution >= 0.6 is 0 Å². The van der Waals surface area contributed by atoms with Gasteiger partial charge in [-0.25, -0.2) is 0 Å². The number of hydrogen-bond donors (Lipinski definition) is 0. The van der Waals surface area contributed by atoms with Crippen LogP contribution in [0.1, 0.15) is 38.2 Å². The van der Waals surface area contributed by atoms with Gasteiger partial charge in [0.25, 0.3) is 10.1 Å². The van der Waals surface area contributed by atoms with Crippen molar-refractivity contribution in [3.05, 3.63) is 29.8 Å². The second-order valence-electron chi connectivity index (χ2n) is 7.21. The molecule has 0 heterocycles. The summed E-state index contributed by atoms with van der Waals surface area (Å²) in [5, 5.41) is 0. The third-order valence-electron chi connectivity index (χ3n) is 4.41. The van der Waals surface area contributed by atoms with Gasteiger partial charge in [-0.05, 0) is 25.5 Å². The number of benzene rings is 1. The minimum atomic E-state index is -3.75. The van der Waals surface area contributed by atoms with Crippen molar-refractivity contribution in [2.75, 3.05) is 72.7 Å². The zero-order valence-electron chi connectivity index (χ0n) is 19.6. The average Bonchev–Trinajstić information content (AvgIpc) is 2.78. The summed E-state index contributed by atoms with van der Waals surface area (Å²) in [6.07, 6.45) is 4.85. The van der Waals surface area contributed by atoms with E-state index < -0.39 is 10.1 Å². The molecule has 32 heavy (non-hydrogen) atoms. The Balaban J connectivity index is 1.80. The first-order chi connectivity index (χ1) is 15.6.